The minimum absolute atomic E-state index is 0.0424. The molecule has 1 fully saturated rings. The van der Waals surface area contributed by atoms with Crippen LogP contribution in [0.4, 0.5) is 0 Å². The minimum atomic E-state index is -3.09. The predicted molar refractivity (Wildman–Crippen MR) is 58.8 cm³/mol. The van der Waals surface area contributed by atoms with E-state index >= 15 is 0 Å². The third kappa shape index (κ3) is 2.49. The molecule has 1 atom stereocenters. The van der Waals surface area contributed by atoms with Crippen LogP contribution in [0.5, 0.6) is 0 Å². The number of aromatic nitrogens is 1. The summed E-state index contributed by atoms with van der Waals surface area (Å²) in [6.07, 6.45) is 1.17. The topological polar surface area (TPSA) is 97.5 Å². The average Bonchev–Trinajstić information content (AvgIpc) is 2.59. The number of nitrogens with zero attached hydrogens (tertiary/aromatic N) is 1. The van der Waals surface area contributed by atoms with Crippen molar-refractivity contribution in [2.75, 3.05) is 11.5 Å². The molecule has 1 aliphatic rings. The van der Waals surface area contributed by atoms with Crippen molar-refractivity contribution in [3.05, 3.63) is 17.3 Å². The van der Waals surface area contributed by atoms with Gasteiger partial charge in [-0.1, -0.05) is 0 Å². The van der Waals surface area contributed by atoms with Crippen LogP contribution in [0.25, 0.3) is 0 Å². The van der Waals surface area contributed by atoms with Crippen LogP contribution in [0.2, 0.25) is 0 Å². The Kier molecular flexibility index (Phi) is 2.94. The molecule has 0 bridgehead atoms. The van der Waals surface area contributed by atoms with Gasteiger partial charge in [-0.2, -0.15) is 0 Å². The zero-order valence-electron chi connectivity index (χ0n) is 9.34. The first-order valence-corrected chi connectivity index (χ1v) is 7.12. The first kappa shape index (κ1) is 12.1. The molecule has 1 aliphatic heterocycles. The Morgan fingerprint density at radius 2 is 2.24 bits per heavy atom. The highest BCUT2D eigenvalue weighted by atomic mass is 32.2. The van der Waals surface area contributed by atoms with E-state index < -0.39 is 15.8 Å². The van der Waals surface area contributed by atoms with E-state index in [9.17, 15) is 13.2 Å². The van der Waals surface area contributed by atoms with E-state index in [1.165, 1.54) is 0 Å². The van der Waals surface area contributed by atoms with E-state index in [2.05, 4.69) is 4.98 Å². The highest BCUT2D eigenvalue weighted by molar-refractivity contribution is 7.91. The fraction of sp³-hybridized carbons (Fsp3) is 0.600. The van der Waals surface area contributed by atoms with E-state index in [-0.39, 0.29) is 34.8 Å². The third-order valence-electron chi connectivity index (χ3n) is 2.80. The molecule has 0 aliphatic carbocycles. The number of hydrogen-bond donors (Lipinski definition) is 1. The summed E-state index contributed by atoms with van der Waals surface area (Å²) in [6.45, 7) is 1.55. The molecule has 2 rings (SSSR count). The van der Waals surface area contributed by atoms with Gasteiger partial charge >= 0.3 is 5.97 Å². The van der Waals surface area contributed by atoms with Crippen LogP contribution in [-0.4, -0.2) is 36.0 Å². The maximum Gasteiger partial charge on any atom is 0.373 e. The Bertz CT molecular complexity index is 545. The molecule has 1 aromatic rings. The summed E-state index contributed by atoms with van der Waals surface area (Å²) in [7, 11) is -3.09. The molecule has 17 heavy (non-hydrogen) atoms. The lowest BCUT2D eigenvalue weighted by Crippen LogP contribution is -2.25. The standard InChI is InChI=1S/C10H13NO5S/c1-6-11-8(9(16-6)10(12)13)7-3-2-4-17(14,15)5-7/h7H,2-5H2,1H3,(H,12,13). The maximum atomic E-state index is 11.5. The second-order valence-corrected chi connectivity index (χ2v) is 6.43. The van der Waals surface area contributed by atoms with Gasteiger partial charge in [-0.15, -0.1) is 0 Å². The Morgan fingerprint density at radius 1 is 1.53 bits per heavy atom. The molecular formula is C10H13NO5S. The molecule has 94 valence electrons. The Hall–Kier alpha value is -1.37. The summed E-state index contributed by atoms with van der Waals surface area (Å²) in [6, 6.07) is 0. The van der Waals surface area contributed by atoms with Gasteiger partial charge in [0.15, 0.2) is 15.7 Å². The highest BCUT2D eigenvalue weighted by Crippen LogP contribution is 2.30. The van der Waals surface area contributed by atoms with Crippen molar-refractivity contribution in [1.29, 1.82) is 0 Å². The number of carboxylic acid groups (broad SMARTS) is 1. The number of aryl methyl sites for hydroxylation is 1. The van der Waals surface area contributed by atoms with Crippen molar-refractivity contribution in [3.63, 3.8) is 0 Å². The Labute approximate surface area is 98.6 Å². The minimum Gasteiger partial charge on any atom is -0.475 e. The molecule has 0 spiro atoms. The second kappa shape index (κ2) is 4.14. The second-order valence-electron chi connectivity index (χ2n) is 4.21. The number of rotatable bonds is 2. The third-order valence-corrected chi connectivity index (χ3v) is 4.63. The van der Waals surface area contributed by atoms with Crippen molar-refractivity contribution in [2.45, 2.75) is 25.7 Å². The monoisotopic (exact) mass is 259 g/mol. The van der Waals surface area contributed by atoms with Crippen LogP contribution < -0.4 is 0 Å². The highest BCUT2D eigenvalue weighted by Gasteiger charge is 2.32. The van der Waals surface area contributed by atoms with Gasteiger partial charge in [0.25, 0.3) is 0 Å². The van der Waals surface area contributed by atoms with E-state index in [0.717, 1.165) is 0 Å². The normalized spacial score (nSPS) is 23.5. The van der Waals surface area contributed by atoms with Crippen LogP contribution in [-0.2, 0) is 9.84 Å². The fourth-order valence-corrected chi connectivity index (χ4v) is 3.82. The molecule has 0 radical (unpaired) electrons. The van der Waals surface area contributed by atoms with Crippen molar-refractivity contribution in [3.8, 4) is 0 Å². The smallest absolute Gasteiger partial charge is 0.373 e. The van der Waals surface area contributed by atoms with E-state index in [4.69, 9.17) is 9.52 Å². The summed E-state index contributed by atoms with van der Waals surface area (Å²) in [5, 5.41) is 8.96. The van der Waals surface area contributed by atoms with Gasteiger partial charge in [-0.25, -0.2) is 18.2 Å². The van der Waals surface area contributed by atoms with Gasteiger partial charge in [0.2, 0.25) is 5.76 Å². The molecule has 0 saturated carbocycles. The lowest BCUT2D eigenvalue weighted by Gasteiger charge is -2.20. The van der Waals surface area contributed by atoms with Crippen LogP contribution in [0.15, 0.2) is 4.42 Å². The zero-order valence-corrected chi connectivity index (χ0v) is 10.2. The molecule has 2 heterocycles. The van der Waals surface area contributed by atoms with Gasteiger partial charge in [-0.05, 0) is 12.8 Å². The summed E-state index contributed by atoms with van der Waals surface area (Å²) in [5.74, 6) is -1.42. The summed E-state index contributed by atoms with van der Waals surface area (Å²) >= 11 is 0. The molecule has 1 saturated heterocycles. The van der Waals surface area contributed by atoms with Crippen molar-refractivity contribution >= 4 is 15.8 Å². The van der Waals surface area contributed by atoms with Crippen LogP contribution in [0, 0.1) is 6.92 Å². The molecule has 0 aromatic carbocycles. The van der Waals surface area contributed by atoms with Crippen LogP contribution >= 0.6 is 0 Å². The number of hydrogen-bond acceptors (Lipinski definition) is 5. The lowest BCUT2D eigenvalue weighted by atomic mass is 10.0. The molecule has 1 unspecified atom stereocenters. The van der Waals surface area contributed by atoms with Crippen LogP contribution in [0.3, 0.4) is 0 Å². The SMILES string of the molecule is Cc1nc(C2CCCS(=O)(=O)C2)c(C(=O)O)o1. The summed E-state index contributed by atoms with van der Waals surface area (Å²) in [5.41, 5.74) is 0.262. The number of aromatic carboxylic acids is 1. The van der Waals surface area contributed by atoms with Crippen LogP contribution in [0.1, 0.15) is 40.9 Å². The van der Waals surface area contributed by atoms with E-state index in [0.29, 0.717) is 12.8 Å². The maximum absolute atomic E-state index is 11.5. The Morgan fingerprint density at radius 3 is 2.82 bits per heavy atom. The number of sulfone groups is 1. The van der Waals surface area contributed by atoms with Gasteiger partial charge in [0.1, 0.15) is 0 Å². The van der Waals surface area contributed by atoms with Gasteiger partial charge in [0, 0.05) is 12.8 Å². The first-order chi connectivity index (χ1) is 7.89. The van der Waals surface area contributed by atoms with Crippen molar-refractivity contribution in [2.24, 2.45) is 0 Å². The summed E-state index contributed by atoms with van der Waals surface area (Å²) < 4.78 is 28.0. The molecule has 1 N–H and O–H groups in total. The molecule has 1 aromatic heterocycles. The largest absolute Gasteiger partial charge is 0.475 e. The fourth-order valence-electron chi connectivity index (χ4n) is 2.11. The number of oxazole rings is 1. The Balaban J connectivity index is 2.37. The van der Waals surface area contributed by atoms with E-state index in [1.807, 2.05) is 0 Å². The molecule has 0 amide bonds. The van der Waals surface area contributed by atoms with Gasteiger partial charge in [0.05, 0.1) is 17.2 Å². The number of carbonyl (C=O) groups is 1. The van der Waals surface area contributed by atoms with Gasteiger partial charge in [-0.3, -0.25) is 0 Å². The molecular weight excluding hydrogens is 246 g/mol. The van der Waals surface area contributed by atoms with E-state index in [1.54, 1.807) is 6.92 Å². The zero-order chi connectivity index (χ0) is 12.6. The molecule has 7 heteroatoms. The quantitative estimate of drug-likeness (QED) is 0.850. The van der Waals surface area contributed by atoms with Gasteiger partial charge < -0.3 is 9.52 Å². The van der Waals surface area contributed by atoms with Crippen molar-refractivity contribution in [1.82, 2.24) is 4.98 Å². The average molecular weight is 259 g/mol. The predicted octanol–water partition coefficient (Wildman–Crippen LogP) is 0.973. The number of carboxylic acids is 1. The first-order valence-electron chi connectivity index (χ1n) is 5.30. The molecule has 6 nitrogen and oxygen atoms in total. The lowest BCUT2D eigenvalue weighted by molar-refractivity contribution is 0.0658. The summed E-state index contributed by atoms with van der Waals surface area (Å²) in [4.78, 5) is 15.0. The van der Waals surface area contributed by atoms with Crippen molar-refractivity contribution < 1.29 is 22.7 Å².